The van der Waals surface area contributed by atoms with Crippen molar-refractivity contribution < 1.29 is 96.5 Å². The monoisotopic (exact) mass is 1250 g/mol. The van der Waals surface area contributed by atoms with E-state index in [2.05, 4.69) is 26.2 Å². The number of methoxy groups -OCH3 is 1. The summed E-state index contributed by atoms with van der Waals surface area (Å²) in [5.41, 5.74) is 7.18. The van der Waals surface area contributed by atoms with Crippen LogP contribution in [0.25, 0.3) is 0 Å². The highest BCUT2D eigenvalue weighted by Gasteiger charge is 2.53. The Morgan fingerprint density at radius 2 is 1.59 bits per heavy atom. The van der Waals surface area contributed by atoms with Gasteiger partial charge in [-0.2, -0.15) is 0 Å². The van der Waals surface area contributed by atoms with Crippen molar-refractivity contribution in [2.75, 3.05) is 56.7 Å². The van der Waals surface area contributed by atoms with Gasteiger partial charge in [-0.25, -0.2) is 9.59 Å². The number of ketones is 3. The maximum atomic E-state index is 14.7. The summed E-state index contributed by atoms with van der Waals surface area (Å²) in [4.78, 5) is 149. The number of hydrogen-bond acceptors (Lipinski definition) is 21. The van der Waals surface area contributed by atoms with Gasteiger partial charge >= 0.3 is 12.1 Å². The highest BCUT2D eigenvalue weighted by molar-refractivity contribution is 6.32. The van der Waals surface area contributed by atoms with Crippen molar-refractivity contribution in [3.05, 3.63) is 93.6 Å². The lowest BCUT2D eigenvalue weighted by Crippen LogP contribution is -2.57. The second-order valence-electron chi connectivity index (χ2n) is 23.1. The van der Waals surface area contributed by atoms with Gasteiger partial charge in [-0.3, -0.25) is 57.9 Å². The molecule has 0 bridgehead atoms. The number of nitrogens with two attached hydrogens (primary N) is 2. The molecule has 9 amide bonds. The van der Waals surface area contributed by atoms with Crippen molar-refractivity contribution in [2.24, 2.45) is 17.4 Å². The summed E-state index contributed by atoms with van der Waals surface area (Å²) in [7, 11) is 1.51. The van der Waals surface area contributed by atoms with Crippen LogP contribution < -0.4 is 37.6 Å². The van der Waals surface area contributed by atoms with E-state index in [-0.39, 0.29) is 97.8 Å². The first-order valence-corrected chi connectivity index (χ1v) is 29.6. The molecule has 3 aromatic rings. The second-order valence-corrected chi connectivity index (χ2v) is 23.1. The molecule has 0 aromatic heterocycles. The van der Waals surface area contributed by atoms with Crippen molar-refractivity contribution in [3.8, 4) is 11.5 Å². The summed E-state index contributed by atoms with van der Waals surface area (Å²) in [5.74, 6) is -8.33. The van der Waals surface area contributed by atoms with Crippen molar-refractivity contribution in [3.63, 3.8) is 0 Å². The number of phenolic OH excluding ortho intramolecular Hbond substituents is 2. The lowest BCUT2D eigenvalue weighted by atomic mass is 9.72. The molecular weight excluding hydrogens is 1180 g/mol. The fourth-order valence-electron chi connectivity index (χ4n) is 12.2. The number of urea groups is 1. The van der Waals surface area contributed by atoms with Gasteiger partial charge in [-0.15, -0.1) is 0 Å². The van der Waals surface area contributed by atoms with Crippen molar-refractivity contribution >= 4 is 76.3 Å². The SMILES string of the molecule is CO[C@H]1OCCN2[C@@H]1O[C@@H]1CO[C@@H](O[C@H]3C[C@](O)(C(C)=O)Cc4c(O)c5c(c(O)c43)C(=O)c3c(NC(=O)CNC(=O)OCc4ccc(N(C(=O)[C@@H](NC(=O)CCCCCN6C(=O)C=CC6=O)C(C)C)[C@@H](CCCNC(N)=O)C(N)=O)cc4)cccc3C5=O)C[C@@H]12. The van der Waals surface area contributed by atoms with E-state index in [9.17, 15) is 68.1 Å². The molecule has 9 rings (SSSR count). The molecule has 0 radical (unpaired) electrons. The fraction of sp³-hybridized carbons (Fsp3) is 0.492. The number of carbonyl (C=O) groups excluding carboxylic acids is 11. The Labute approximate surface area is 516 Å². The maximum absolute atomic E-state index is 14.7. The van der Waals surface area contributed by atoms with Gasteiger partial charge in [0.15, 0.2) is 36.2 Å². The Morgan fingerprint density at radius 3 is 2.27 bits per heavy atom. The Bertz CT molecular complexity index is 3380. The number of ether oxygens (including phenoxy) is 6. The number of carbonyl (C=O) groups is 11. The van der Waals surface area contributed by atoms with Crippen LogP contribution in [0.3, 0.4) is 0 Å². The van der Waals surface area contributed by atoms with Crippen molar-refractivity contribution in [2.45, 2.75) is 140 Å². The van der Waals surface area contributed by atoms with E-state index in [0.717, 1.165) is 16.7 Å². The van der Waals surface area contributed by atoms with Crippen LogP contribution >= 0.6 is 0 Å². The van der Waals surface area contributed by atoms with Gasteiger partial charge in [0.1, 0.15) is 42.3 Å². The number of aromatic hydroxyl groups is 2. The van der Waals surface area contributed by atoms with Crippen LogP contribution in [0.2, 0.25) is 0 Å². The zero-order valence-corrected chi connectivity index (χ0v) is 50.0. The zero-order chi connectivity index (χ0) is 64.9. The number of benzene rings is 3. The first-order valence-electron chi connectivity index (χ1n) is 29.6. The van der Waals surface area contributed by atoms with E-state index < -0.39 is 155 Å². The molecule has 3 fully saturated rings. The third-order valence-electron chi connectivity index (χ3n) is 16.9. The van der Waals surface area contributed by atoms with Crippen LogP contribution in [0, 0.1) is 5.92 Å². The predicted octanol–water partition coefficient (Wildman–Crippen LogP) is 1.47. The number of anilines is 2. The van der Waals surface area contributed by atoms with Crippen LogP contribution in [0.5, 0.6) is 11.5 Å². The number of hydrogen-bond donors (Lipinski definition) is 9. The minimum atomic E-state index is -2.14. The largest absolute Gasteiger partial charge is 0.507 e. The van der Waals surface area contributed by atoms with E-state index in [0.29, 0.717) is 38.0 Å². The van der Waals surface area contributed by atoms with Crippen LogP contribution in [0.4, 0.5) is 21.0 Å². The molecule has 90 heavy (non-hydrogen) atoms. The van der Waals surface area contributed by atoms with E-state index >= 15 is 0 Å². The van der Waals surface area contributed by atoms with Gasteiger partial charge < -0.3 is 76.5 Å². The first-order chi connectivity index (χ1) is 42.9. The number of primary amides is 2. The Kier molecular flexibility index (Phi) is 20.4. The number of nitrogens with one attached hydrogen (secondary N) is 4. The average molecular weight is 1250 g/mol. The molecule has 0 spiro atoms. The lowest BCUT2D eigenvalue weighted by molar-refractivity contribution is -0.246. The fourth-order valence-corrected chi connectivity index (χ4v) is 12.2. The predicted molar refractivity (Wildman–Crippen MR) is 313 cm³/mol. The van der Waals surface area contributed by atoms with Gasteiger partial charge in [0, 0.05) is 93.0 Å². The molecule has 6 aliphatic rings. The van der Waals surface area contributed by atoms with Crippen molar-refractivity contribution in [1.82, 2.24) is 25.8 Å². The summed E-state index contributed by atoms with van der Waals surface area (Å²) in [6, 6.07) is 6.39. The van der Waals surface area contributed by atoms with E-state index in [4.69, 9.17) is 39.9 Å². The number of aliphatic hydroxyl groups is 1. The van der Waals surface area contributed by atoms with E-state index in [1.807, 2.05) is 0 Å². The quantitative estimate of drug-likeness (QED) is 0.0258. The summed E-state index contributed by atoms with van der Waals surface area (Å²) in [5, 5.41) is 45.9. The minimum absolute atomic E-state index is 0.0113. The number of imide groups is 1. The number of phenols is 2. The number of rotatable bonds is 25. The molecule has 2 aliphatic carbocycles. The number of alkyl carbamates (subject to hydrolysis) is 1. The molecule has 0 unspecified atom stereocenters. The normalized spacial score (nSPS) is 23.2. The van der Waals surface area contributed by atoms with Gasteiger partial charge in [-0.05, 0) is 62.3 Å². The summed E-state index contributed by atoms with van der Waals surface area (Å²) in [6.07, 6.45) is -1.87. The zero-order valence-electron chi connectivity index (χ0n) is 50.0. The number of morpholine rings is 1. The number of nitrogens with zero attached hydrogens (tertiary/aromatic N) is 3. The van der Waals surface area contributed by atoms with Crippen LogP contribution in [-0.4, -0.2) is 185 Å². The number of Topliss-reactive ketones (excluding diaryl/α,β-unsaturated/α-hetero) is 1. The molecule has 482 valence electrons. The Balaban J connectivity index is 0.843. The Hall–Kier alpha value is -8.71. The molecule has 3 saturated heterocycles. The average Bonchev–Trinajstić information content (AvgIpc) is 0.877. The molecule has 9 atom stereocenters. The van der Waals surface area contributed by atoms with Crippen LogP contribution in [0.1, 0.15) is 127 Å². The van der Waals surface area contributed by atoms with Crippen LogP contribution in [-0.2, 0) is 75.0 Å². The van der Waals surface area contributed by atoms with E-state index in [1.165, 1.54) is 61.7 Å². The molecule has 3 aromatic carbocycles. The standard InChI is InChI=1S/C61H73N9O20/c1-30(2)50(67-41(72)13-6-5-7-21-69-43(74)18-19-44(69)75)56(81)70(37(55(62)80)12-9-20-64-59(63)82)33-16-14-32(15-17-33)28-88-60(83)65-27-42(73)66-36-11-8-10-34-46(36)53(78)49-48(51(34)76)52(77)35-25-61(84,31(3)71)26-39(47(35)54(49)79)89-45-24-38-40(29-87-45)90-57-58(85-4)86-23-22-68(38)57/h8,10-11,14-19,30,37-40,45,50,57-58,77,79,84H,5-7,9,12-13,20-29H2,1-4H3,(H2,62,80)(H,65,83)(H,66,73)(H,67,72)(H3,63,64,82)/t37-,38-,39-,40+,45-,50-,57+,58-,61-/m0/s1. The number of fused-ring (bicyclic) bond motifs is 6. The maximum Gasteiger partial charge on any atom is 0.407 e. The Morgan fingerprint density at radius 1 is 0.867 bits per heavy atom. The second kappa shape index (κ2) is 28.0. The highest BCUT2D eigenvalue weighted by atomic mass is 16.7. The summed E-state index contributed by atoms with van der Waals surface area (Å²) >= 11 is 0. The first kappa shape index (κ1) is 65.7. The van der Waals surface area contributed by atoms with Gasteiger partial charge in [0.05, 0.1) is 47.8 Å². The highest BCUT2D eigenvalue weighted by Crippen LogP contribution is 2.53. The summed E-state index contributed by atoms with van der Waals surface area (Å²) in [6.45, 7) is 4.66. The van der Waals surface area contributed by atoms with Crippen LogP contribution in [0.15, 0.2) is 54.6 Å². The topological polar surface area (TPSA) is 414 Å². The third-order valence-corrected chi connectivity index (χ3v) is 16.9. The third kappa shape index (κ3) is 14.0. The van der Waals surface area contributed by atoms with Gasteiger partial charge in [0.2, 0.25) is 17.7 Å². The molecule has 11 N–H and O–H groups in total. The molecule has 4 heterocycles. The number of amides is 9. The molecule has 0 saturated carbocycles. The smallest absolute Gasteiger partial charge is 0.407 e. The lowest BCUT2D eigenvalue weighted by Gasteiger charge is -2.42. The van der Waals surface area contributed by atoms with Gasteiger partial charge in [0.25, 0.3) is 17.7 Å². The summed E-state index contributed by atoms with van der Waals surface area (Å²) < 4.78 is 35.3. The van der Waals surface area contributed by atoms with E-state index in [1.54, 1.807) is 13.8 Å². The molecule has 4 aliphatic heterocycles. The molecule has 29 nitrogen and oxygen atoms in total. The van der Waals surface area contributed by atoms with Gasteiger partial charge in [-0.1, -0.05) is 44.5 Å². The number of unbranched alkanes of at least 4 members (excludes halogenated alkanes) is 2. The molecule has 29 heteroatoms. The molecular formula is C61H73N9O20. The van der Waals surface area contributed by atoms with Crippen molar-refractivity contribution in [1.29, 1.82) is 0 Å². The minimum Gasteiger partial charge on any atom is -0.507 e.